The molecule has 0 bridgehead atoms. The zero-order chi connectivity index (χ0) is 18.5. The van der Waals surface area contributed by atoms with Crippen LogP contribution >= 0.6 is 11.3 Å². The predicted octanol–water partition coefficient (Wildman–Crippen LogP) is 1.71. The maximum Gasteiger partial charge on any atom is 0.323 e. The maximum absolute atomic E-state index is 12.1. The second-order valence-corrected chi connectivity index (χ2v) is 6.97. The summed E-state index contributed by atoms with van der Waals surface area (Å²) < 4.78 is 5.49. The second kappa shape index (κ2) is 8.13. The maximum atomic E-state index is 12.1. The minimum absolute atomic E-state index is 0.0719. The lowest BCUT2D eigenvalue weighted by atomic mass is 10.2. The van der Waals surface area contributed by atoms with E-state index in [1.807, 2.05) is 19.9 Å². The number of hydrogen-bond donors (Lipinski definition) is 2. The molecule has 0 radical (unpaired) electrons. The SMILES string of the molecule is CC(C)Oc1ccc(CNC(=O)Cc2csc(N3CCNC3=O)n2)cn1. The minimum Gasteiger partial charge on any atom is -0.475 e. The first-order valence-corrected chi connectivity index (χ1v) is 9.27. The number of carbonyl (C=O) groups excluding carboxylic acids is 2. The Morgan fingerprint density at radius 3 is 2.96 bits per heavy atom. The number of nitrogens with one attached hydrogen (secondary N) is 2. The highest BCUT2D eigenvalue weighted by molar-refractivity contribution is 7.14. The topological polar surface area (TPSA) is 96.5 Å². The van der Waals surface area contributed by atoms with Gasteiger partial charge in [0.05, 0.1) is 18.2 Å². The van der Waals surface area contributed by atoms with Crippen LogP contribution in [-0.4, -0.2) is 41.1 Å². The monoisotopic (exact) mass is 375 g/mol. The molecular weight excluding hydrogens is 354 g/mol. The van der Waals surface area contributed by atoms with Crippen LogP contribution in [0.15, 0.2) is 23.7 Å². The average molecular weight is 375 g/mol. The van der Waals surface area contributed by atoms with E-state index in [1.54, 1.807) is 22.5 Å². The zero-order valence-electron chi connectivity index (χ0n) is 14.7. The molecule has 1 aliphatic heterocycles. The number of nitrogens with zero attached hydrogens (tertiary/aromatic N) is 3. The number of carbonyl (C=O) groups is 2. The van der Waals surface area contributed by atoms with Gasteiger partial charge in [0.1, 0.15) is 0 Å². The Labute approximate surface area is 155 Å². The predicted molar refractivity (Wildman–Crippen MR) is 98.4 cm³/mol. The molecule has 2 N–H and O–H groups in total. The number of urea groups is 1. The molecule has 2 aromatic heterocycles. The second-order valence-electron chi connectivity index (χ2n) is 6.13. The van der Waals surface area contributed by atoms with Crippen molar-refractivity contribution in [2.45, 2.75) is 32.9 Å². The molecule has 2 aromatic rings. The van der Waals surface area contributed by atoms with Gasteiger partial charge in [-0.25, -0.2) is 14.8 Å². The van der Waals surface area contributed by atoms with E-state index in [2.05, 4.69) is 20.6 Å². The van der Waals surface area contributed by atoms with Crippen LogP contribution in [0.4, 0.5) is 9.93 Å². The van der Waals surface area contributed by atoms with Crippen molar-refractivity contribution in [1.29, 1.82) is 0 Å². The average Bonchev–Trinajstić information content (AvgIpc) is 3.22. The molecule has 9 heteroatoms. The van der Waals surface area contributed by atoms with E-state index in [9.17, 15) is 9.59 Å². The van der Waals surface area contributed by atoms with E-state index in [0.29, 0.717) is 36.3 Å². The van der Waals surface area contributed by atoms with Crippen molar-refractivity contribution in [3.63, 3.8) is 0 Å². The first-order valence-electron chi connectivity index (χ1n) is 8.39. The molecule has 1 saturated heterocycles. The van der Waals surface area contributed by atoms with Gasteiger partial charge < -0.3 is 15.4 Å². The molecule has 0 atom stereocenters. The normalized spacial score (nSPS) is 13.8. The Kier molecular flexibility index (Phi) is 5.67. The summed E-state index contributed by atoms with van der Waals surface area (Å²) in [6, 6.07) is 3.51. The van der Waals surface area contributed by atoms with Gasteiger partial charge in [0.25, 0.3) is 0 Å². The minimum atomic E-state index is -0.146. The molecule has 3 heterocycles. The molecule has 1 fully saturated rings. The standard InChI is InChI=1S/C17H21N5O3S/c1-11(2)25-15-4-3-12(9-20-15)8-19-14(23)7-13-10-26-17(21-13)22-6-5-18-16(22)24/h3-4,9-11H,5-8H2,1-2H3,(H,18,24)(H,19,23). The van der Waals surface area contributed by atoms with Crippen LogP contribution in [0, 0.1) is 0 Å². The first kappa shape index (κ1) is 18.1. The molecule has 0 aliphatic carbocycles. The number of ether oxygens (including phenoxy) is 1. The number of pyridine rings is 1. The third-order valence-corrected chi connectivity index (χ3v) is 4.53. The van der Waals surface area contributed by atoms with Crippen molar-refractivity contribution >= 4 is 28.4 Å². The first-order chi connectivity index (χ1) is 12.5. The number of anilines is 1. The summed E-state index contributed by atoms with van der Waals surface area (Å²) in [6.07, 6.45) is 1.93. The molecule has 26 heavy (non-hydrogen) atoms. The van der Waals surface area contributed by atoms with E-state index in [4.69, 9.17) is 4.74 Å². The van der Waals surface area contributed by atoms with Crippen molar-refractivity contribution in [3.05, 3.63) is 35.0 Å². The summed E-state index contributed by atoms with van der Waals surface area (Å²) in [7, 11) is 0. The molecule has 0 spiro atoms. The Bertz CT molecular complexity index is 775. The highest BCUT2D eigenvalue weighted by Crippen LogP contribution is 2.22. The number of amides is 3. The van der Waals surface area contributed by atoms with Crippen molar-refractivity contribution in [1.82, 2.24) is 20.6 Å². The van der Waals surface area contributed by atoms with Crippen molar-refractivity contribution in [3.8, 4) is 5.88 Å². The Morgan fingerprint density at radius 1 is 1.46 bits per heavy atom. The molecule has 0 aromatic carbocycles. The van der Waals surface area contributed by atoms with Gasteiger partial charge in [-0.05, 0) is 19.4 Å². The number of aromatic nitrogens is 2. The van der Waals surface area contributed by atoms with Crippen LogP contribution in [-0.2, 0) is 17.8 Å². The quantitative estimate of drug-likeness (QED) is 0.768. The summed E-state index contributed by atoms with van der Waals surface area (Å²) in [5.74, 6) is 0.436. The summed E-state index contributed by atoms with van der Waals surface area (Å²) in [5, 5.41) is 8.00. The smallest absolute Gasteiger partial charge is 0.323 e. The fourth-order valence-electron chi connectivity index (χ4n) is 2.41. The Morgan fingerprint density at radius 2 is 2.31 bits per heavy atom. The fraction of sp³-hybridized carbons (Fsp3) is 0.412. The van der Waals surface area contributed by atoms with Gasteiger partial charge in [-0.1, -0.05) is 6.07 Å². The van der Waals surface area contributed by atoms with Crippen LogP contribution in [0.2, 0.25) is 0 Å². The Hall–Kier alpha value is -2.68. The lowest BCUT2D eigenvalue weighted by Crippen LogP contribution is -2.27. The van der Waals surface area contributed by atoms with E-state index in [0.717, 1.165) is 5.56 Å². The molecule has 0 saturated carbocycles. The van der Waals surface area contributed by atoms with Gasteiger partial charge in [0, 0.05) is 37.3 Å². The lowest BCUT2D eigenvalue weighted by Gasteiger charge is -2.09. The third kappa shape index (κ3) is 4.69. The van der Waals surface area contributed by atoms with Crippen molar-refractivity contribution in [2.75, 3.05) is 18.0 Å². The number of hydrogen-bond acceptors (Lipinski definition) is 6. The van der Waals surface area contributed by atoms with Crippen LogP contribution < -0.4 is 20.3 Å². The van der Waals surface area contributed by atoms with Crippen LogP contribution in [0.25, 0.3) is 0 Å². The van der Waals surface area contributed by atoms with Gasteiger partial charge >= 0.3 is 6.03 Å². The van der Waals surface area contributed by atoms with Crippen LogP contribution in [0.3, 0.4) is 0 Å². The molecule has 138 valence electrons. The van der Waals surface area contributed by atoms with Gasteiger partial charge in [0.2, 0.25) is 11.8 Å². The molecule has 1 aliphatic rings. The summed E-state index contributed by atoms with van der Waals surface area (Å²) in [5.41, 5.74) is 1.54. The van der Waals surface area contributed by atoms with Crippen LogP contribution in [0.1, 0.15) is 25.1 Å². The molecular formula is C17H21N5O3S. The van der Waals surface area contributed by atoms with E-state index >= 15 is 0 Å². The Balaban J connectivity index is 1.48. The van der Waals surface area contributed by atoms with Gasteiger partial charge in [0.15, 0.2) is 5.13 Å². The molecule has 8 nitrogen and oxygen atoms in total. The largest absolute Gasteiger partial charge is 0.475 e. The van der Waals surface area contributed by atoms with Crippen molar-refractivity contribution < 1.29 is 14.3 Å². The third-order valence-electron chi connectivity index (χ3n) is 3.61. The van der Waals surface area contributed by atoms with Gasteiger partial charge in [-0.2, -0.15) is 0 Å². The summed E-state index contributed by atoms with van der Waals surface area (Å²) in [6.45, 7) is 5.48. The molecule has 0 unspecified atom stereocenters. The van der Waals surface area contributed by atoms with Gasteiger partial charge in [-0.3, -0.25) is 9.69 Å². The zero-order valence-corrected chi connectivity index (χ0v) is 15.5. The number of rotatable bonds is 7. The summed E-state index contributed by atoms with van der Waals surface area (Å²) >= 11 is 1.36. The fourth-order valence-corrected chi connectivity index (χ4v) is 3.26. The number of thiazole rings is 1. The summed E-state index contributed by atoms with van der Waals surface area (Å²) in [4.78, 5) is 33.9. The highest BCUT2D eigenvalue weighted by Gasteiger charge is 2.24. The van der Waals surface area contributed by atoms with E-state index < -0.39 is 0 Å². The van der Waals surface area contributed by atoms with Crippen molar-refractivity contribution in [2.24, 2.45) is 0 Å². The van der Waals surface area contributed by atoms with E-state index in [-0.39, 0.29) is 24.5 Å². The lowest BCUT2D eigenvalue weighted by molar-refractivity contribution is -0.120. The highest BCUT2D eigenvalue weighted by atomic mass is 32.1. The van der Waals surface area contributed by atoms with Crippen LogP contribution in [0.5, 0.6) is 5.88 Å². The van der Waals surface area contributed by atoms with Gasteiger partial charge in [-0.15, -0.1) is 11.3 Å². The molecule has 3 amide bonds. The van der Waals surface area contributed by atoms with E-state index in [1.165, 1.54) is 11.3 Å². The molecule has 3 rings (SSSR count).